The Morgan fingerprint density at radius 1 is 0.358 bits per heavy atom. The van der Waals surface area contributed by atoms with Crippen molar-refractivity contribution in [1.29, 1.82) is 0 Å². The van der Waals surface area contributed by atoms with Crippen LogP contribution in [0.4, 0.5) is 0 Å². The highest BCUT2D eigenvalue weighted by Gasteiger charge is 2.50. The molecule has 2 aliphatic rings. The zero-order valence-corrected chi connectivity index (χ0v) is 51.3. The summed E-state index contributed by atoms with van der Waals surface area (Å²) in [5.74, 6) is 39.3. The summed E-state index contributed by atoms with van der Waals surface area (Å²) in [5, 5.41) is 0. The van der Waals surface area contributed by atoms with E-state index in [1.54, 1.807) is 21.3 Å². The molecule has 10 rings (SSSR count). The van der Waals surface area contributed by atoms with E-state index < -0.39 is 19.6 Å². The van der Waals surface area contributed by atoms with Gasteiger partial charge in [-0.25, -0.2) is 0 Å². The number of rotatable bonds is 5. The quantitative estimate of drug-likeness (QED) is 0.127. The van der Waals surface area contributed by atoms with E-state index in [1.807, 2.05) is 127 Å². The second-order valence-electron chi connectivity index (χ2n) is 22.3. The molecule has 0 saturated heterocycles. The van der Waals surface area contributed by atoms with Crippen LogP contribution < -0.4 is 0 Å². The summed E-state index contributed by atoms with van der Waals surface area (Å²) in [6.07, 6.45) is 1.61. The van der Waals surface area contributed by atoms with Gasteiger partial charge in [-0.05, 0) is 179 Å². The molecule has 6 heteroatoms. The third-order valence-corrected chi connectivity index (χ3v) is 19.4. The molecule has 8 aromatic rings. The number of halogens is 2. The molecule has 0 amide bonds. The van der Waals surface area contributed by atoms with E-state index in [4.69, 9.17) is 13.3 Å². The van der Waals surface area contributed by atoms with Gasteiger partial charge < -0.3 is 13.3 Å². The Bertz CT molecular complexity index is 4140. The summed E-state index contributed by atoms with van der Waals surface area (Å²) in [7, 11) is 1.44. The van der Waals surface area contributed by atoms with E-state index in [2.05, 4.69) is 193 Å². The summed E-state index contributed by atoms with van der Waals surface area (Å²) >= 11 is 8.34. The molecule has 81 heavy (non-hydrogen) atoms. The molecular formula is C75H60Br2O3Si. The topological polar surface area (TPSA) is 27.7 Å². The fraction of sp³-hybridized carbons (Fsp3) is 0.200. The standard InChI is InChI=1S/C75H60Br2O3Si/c1-72(2)51-75(6,66-32-22-31-60(71(66)77)39-36-55-27-18-12-19-28-55)69-63(59(41-44-65(69)72)38-35-54-25-16-11-17-26-54)42-43-64-68-67(50-61(70(64)76)40-37-56-29-20-13-21-30-56)74(5,52-73(68,3)4)62-48-57(34-33-53-23-14-10-15-24-53)47-58(49-62)45-46-81(78-7,79-8)80-9/h10-32,41,44,47-50H,51-52H2,1-9H3. The van der Waals surface area contributed by atoms with Gasteiger partial charge in [-0.2, -0.15) is 0 Å². The molecule has 3 nitrogen and oxygen atoms in total. The van der Waals surface area contributed by atoms with Crippen LogP contribution in [0, 0.1) is 70.7 Å². The molecule has 2 aliphatic carbocycles. The molecule has 0 radical (unpaired) electrons. The van der Waals surface area contributed by atoms with E-state index in [1.165, 1.54) is 11.1 Å². The number of hydrogen-bond acceptors (Lipinski definition) is 3. The van der Waals surface area contributed by atoms with Crippen molar-refractivity contribution < 1.29 is 13.3 Å². The predicted molar refractivity (Wildman–Crippen MR) is 339 cm³/mol. The molecule has 0 spiro atoms. The van der Waals surface area contributed by atoms with E-state index in [0.717, 1.165) is 105 Å². The van der Waals surface area contributed by atoms with Gasteiger partial charge in [0.25, 0.3) is 0 Å². The lowest BCUT2D eigenvalue weighted by Crippen LogP contribution is -2.41. The van der Waals surface area contributed by atoms with Crippen LogP contribution in [0.5, 0.6) is 0 Å². The van der Waals surface area contributed by atoms with Crippen LogP contribution in [-0.2, 0) is 34.9 Å². The number of hydrogen-bond donors (Lipinski definition) is 0. The number of fused-ring (bicyclic) bond motifs is 2. The van der Waals surface area contributed by atoms with Crippen molar-refractivity contribution in [2.75, 3.05) is 21.3 Å². The first kappa shape index (κ1) is 56.5. The molecule has 0 aromatic heterocycles. The number of benzene rings is 8. The van der Waals surface area contributed by atoms with Gasteiger partial charge in [0.15, 0.2) is 0 Å². The van der Waals surface area contributed by atoms with E-state index in [-0.39, 0.29) is 10.8 Å². The van der Waals surface area contributed by atoms with Gasteiger partial charge in [0.2, 0.25) is 0 Å². The molecule has 396 valence electrons. The molecule has 0 N–H and O–H groups in total. The maximum Gasteiger partial charge on any atom is 0.591 e. The molecule has 0 bridgehead atoms. The molecule has 8 aromatic carbocycles. The minimum Gasteiger partial charge on any atom is -0.367 e. The van der Waals surface area contributed by atoms with E-state index >= 15 is 0 Å². The molecule has 2 unspecified atom stereocenters. The van der Waals surface area contributed by atoms with Crippen LogP contribution in [0.2, 0.25) is 0 Å². The summed E-state index contributed by atoms with van der Waals surface area (Å²) in [6, 6.07) is 60.1. The lowest BCUT2D eigenvalue weighted by molar-refractivity contribution is 0.141. The minimum absolute atomic E-state index is 0.209. The largest absolute Gasteiger partial charge is 0.591 e. The van der Waals surface area contributed by atoms with Crippen molar-refractivity contribution in [3.05, 3.63) is 279 Å². The third kappa shape index (κ3) is 11.6. The normalized spacial score (nSPS) is 16.8. The Kier molecular flexibility index (Phi) is 16.3. The van der Waals surface area contributed by atoms with Crippen molar-refractivity contribution in [2.24, 2.45) is 0 Å². The second-order valence-corrected chi connectivity index (χ2v) is 26.5. The van der Waals surface area contributed by atoms with Gasteiger partial charge in [-0.3, -0.25) is 0 Å². The third-order valence-electron chi connectivity index (χ3n) is 15.7. The Balaban J connectivity index is 1.23. The first-order valence-corrected chi connectivity index (χ1v) is 30.3. The van der Waals surface area contributed by atoms with Crippen LogP contribution in [-0.4, -0.2) is 30.1 Å². The SMILES string of the molecule is CO[Si](C#Cc1cc(C#Cc2ccccc2)cc(C2(C)CC(C)(C)c3c2cc(C#Cc2ccccc2)c(Br)c3C#Cc2c(C#Cc3ccccc3)ccc3c2C(C)(c2cccc(C#Cc4ccccc4)c2Br)CC3(C)C)c1)(OC)OC. The average molecular weight is 1200 g/mol. The van der Waals surface area contributed by atoms with Crippen molar-refractivity contribution in [2.45, 2.75) is 76.0 Å². The van der Waals surface area contributed by atoms with Crippen LogP contribution in [0.25, 0.3) is 0 Å². The maximum atomic E-state index is 5.76. The average Bonchev–Trinajstić information content (AvgIpc) is 4.11. The monoisotopic (exact) mass is 1190 g/mol. The summed E-state index contributed by atoms with van der Waals surface area (Å²) in [5.41, 5.74) is 18.4. The molecular weight excluding hydrogens is 1140 g/mol. The smallest absolute Gasteiger partial charge is 0.367 e. The molecule has 2 atom stereocenters. The van der Waals surface area contributed by atoms with E-state index in [0.29, 0.717) is 0 Å². The highest BCUT2D eigenvalue weighted by molar-refractivity contribution is 9.11. The fourth-order valence-electron chi connectivity index (χ4n) is 12.1. The van der Waals surface area contributed by atoms with Gasteiger partial charge in [-0.15, -0.1) is 0 Å². The summed E-state index contributed by atoms with van der Waals surface area (Å²) in [4.78, 5) is 0. The highest BCUT2D eigenvalue weighted by Crippen LogP contribution is 2.57. The second kappa shape index (κ2) is 23.3. The van der Waals surface area contributed by atoms with Gasteiger partial charge in [0, 0.05) is 102 Å². The Morgan fingerprint density at radius 2 is 0.827 bits per heavy atom. The van der Waals surface area contributed by atoms with Crippen LogP contribution in [0.1, 0.15) is 149 Å². The van der Waals surface area contributed by atoms with Gasteiger partial charge >= 0.3 is 8.80 Å². The zero-order chi connectivity index (χ0) is 57.0. The van der Waals surface area contributed by atoms with Crippen molar-refractivity contribution in [3.8, 4) is 70.7 Å². The molecule has 0 saturated carbocycles. The highest BCUT2D eigenvalue weighted by atomic mass is 79.9. The molecule has 0 fully saturated rings. The van der Waals surface area contributed by atoms with Crippen LogP contribution in [0.3, 0.4) is 0 Å². The zero-order valence-electron chi connectivity index (χ0n) is 47.1. The first-order valence-electron chi connectivity index (χ1n) is 27.0. The van der Waals surface area contributed by atoms with Gasteiger partial charge in [0.05, 0.1) is 0 Å². The minimum atomic E-state index is -3.27. The van der Waals surface area contributed by atoms with E-state index in [9.17, 15) is 0 Å². The van der Waals surface area contributed by atoms with Crippen LogP contribution >= 0.6 is 31.9 Å². The molecule has 0 heterocycles. The van der Waals surface area contributed by atoms with Gasteiger partial charge in [-0.1, -0.05) is 198 Å². The predicted octanol–water partition coefficient (Wildman–Crippen LogP) is 16.0. The van der Waals surface area contributed by atoms with Crippen molar-refractivity contribution in [1.82, 2.24) is 0 Å². The lowest BCUT2D eigenvalue weighted by atomic mass is 9.73. The van der Waals surface area contributed by atoms with Crippen molar-refractivity contribution >= 4 is 40.7 Å². The Labute approximate surface area is 497 Å². The summed E-state index contributed by atoms with van der Waals surface area (Å²) in [6.45, 7) is 14.1. The molecule has 0 aliphatic heterocycles. The maximum absolute atomic E-state index is 5.76. The Hall–Kier alpha value is -7.82. The fourth-order valence-corrected chi connectivity index (χ4v) is 14.5. The first-order chi connectivity index (χ1) is 39.0. The van der Waals surface area contributed by atoms with Gasteiger partial charge in [0.1, 0.15) is 0 Å². The van der Waals surface area contributed by atoms with Crippen LogP contribution in [0.15, 0.2) is 185 Å². The lowest BCUT2D eigenvalue weighted by Gasteiger charge is -2.30. The summed E-state index contributed by atoms with van der Waals surface area (Å²) < 4.78 is 19.1. The Morgan fingerprint density at radius 3 is 1.37 bits per heavy atom. The van der Waals surface area contributed by atoms with Crippen molar-refractivity contribution in [3.63, 3.8) is 0 Å².